The molecular weight excluding hydrogens is 310 g/mol. The molecule has 0 N–H and O–H groups in total. The van der Waals surface area contributed by atoms with Crippen molar-refractivity contribution < 1.29 is 4.74 Å². The second kappa shape index (κ2) is 6.45. The number of benzene rings is 1. The highest BCUT2D eigenvalue weighted by molar-refractivity contribution is 9.10. The van der Waals surface area contributed by atoms with Gasteiger partial charge in [0.1, 0.15) is 5.01 Å². The van der Waals surface area contributed by atoms with Crippen molar-refractivity contribution in [3.8, 4) is 11.3 Å². The number of hydrogen-bond donors (Lipinski definition) is 0. The van der Waals surface area contributed by atoms with Crippen molar-refractivity contribution in [2.75, 3.05) is 6.61 Å². The first-order valence-electron chi connectivity index (χ1n) is 6.01. The van der Waals surface area contributed by atoms with Crippen LogP contribution in [0.2, 0.25) is 0 Å². The number of aromatic nitrogens is 1. The van der Waals surface area contributed by atoms with E-state index < -0.39 is 0 Å². The fraction of sp³-hybridized carbons (Fsp3) is 0.357. The molecule has 0 atom stereocenters. The SMILES string of the molecule is CCCOCc1nc(-c2ccccc2Br)c(C)s1. The third kappa shape index (κ3) is 3.19. The van der Waals surface area contributed by atoms with Crippen molar-refractivity contribution in [3.05, 3.63) is 38.6 Å². The Morgan fingerprint density at radius 2 is 2.11 bits per heavy atom. The molecule has 1 aromatic heterocycles. The summed E-state index contributed by atoms with van der Waals surface area (Å²) in [5, 5.41) is 1.05. The molecule has 0 aliphatic heterocycles. The average Bonchev–Trinajstić information content (AvgIpc) is 2.71. The molecule has 0 saturated carbocycles. The summed E-state index contributed by atoms with van der Waals surface area (Å²) in [4.78, 5) is 5.91. The molecule has 1 aromatic carbocycles. The Bertz CT molecular complexity index is 524. The van der Waals surface area contributed by atoms with Crippen molar-refractivity contribution in [2.45, 2.75) is 26.9 Å². The van der Waals surface area contributed by atoms with Gasteiger partial charge in [-0.15, -0.1) is 11.3 Å². The van der Waals surface area contributed by atoms with Gasteiger partial charge in [-0.1, -0.05) is 41.1 Å². The molecular formula is C14H16BrNOS. The van der Waals surface area contributed by atoms with E-state index in [4.69, 9.17) is 4.74 Å². The third-order valence-corrected chi connectivity index (χ3v) is 4.18. The van der Waals surface area contributed by atoms with Crippen molar-refractivity contribution in [1.29, 1.82) is 0 Å². The minimum absolute atomic E-state index is 0.615. The van der Waals surface area contributed by atoms with Crippen LogP contribution in [0.25, 0.3) is 11.3 Å². The molecule has 0 fully saturated rings. The molecule has 0 unspecified atom stereocenters. The van der Waals surface area contributed by atoms with E-state index in [0.29, 0.717) is 6.61 Å². The first-order valence-corrected chi connectivity index (χ1v) is 7.62. The van der Waals surface area contributed by atoms with Gasteiger partial charge in [-0.25, -0.2) is 4.98 Å². The van der Waals surface area contributed by atoms with Crippen LogP contribution in [0.15, 0.2) is 28.7 Å². The molecule has 0 aliphatic rings. The lowest BCUT2D eigenvalue weighted by atomic mass is 10.1. The molecule has 18 heavy (non-hydrogen) atoms. The van der Waals surface area contributed by atoms with Crippen LogP contribution in [0.3, 0.4) is 0 Å². The summed E-state index contributed by atoms with van der Waals surface area (Å²) >= 11 is 5.29. The van der Waals surface area contributed by atoms with E-state index >= 15 is 0 Å². The highest BCUT2D eigenvalue weighted by Crippen LogP contribution is 2.32. The zero-order valence-electron chi connectivity index (χ0n) is 10.6. The number of ether oxygens (including phenoxy) is 1. The van der Waals surface area contributed by atoms with E-state index in [1.165, 1.54) is 4.88 Å². The van der Waals surface area contributed by atoms with Gasteiger partial charge in [0.25, 0.3) is 0 Å². The Morgan fingerprint density at radius 3 is 2.83 bits per heavy atom. The predicted octanol–water partition coefficient (Wildman–Crippen LogP) is 4.81. The molecule has 2 nitrogen and oxygen atoms in total. The molecule has 0 spiro atoms. The van der Waals surface area contributed by atoms with Crippen LogP contribution < -0.4 is 0 Å². The van der Waals surface area contributed by atoms with Crippen molar-refractivity contribution in [2.24, 2.45) is 0 Å². The number of rotatable bonds is 5. The summed E-state index contributed by atoms with van der Waals surface area (Å²) in [6.07, 6.45) is 1.04. The first kappa shape index (κ1) is 13.7. The molecule has 4 heteroatoms. The molecule has 0 saturated heterocycles. The summed E-state index contributed by atoms with van der Waals surface area (Å²) in [5.74, 6) is 0. The monoisotopic (exact) mass is 325 g/mol. The minimum atomic E-state index is 0.615. The Hall–Kier alpha value is -0.710. The van der Waals surface area contributed by atoms with Crippen LogP contribution in [-0.2, 0) is 11.3 Å². The number of halogens is 1. The van der Waals surface area contributed by atoms with Crippen LogP contribution in [0.1, 0.15) is 23.2 Å². The summed E-state index contributed by atoms with van der Waals surface area (Å²) in [5.41, 5.74) is 2.20. The van der Waals surface area contributed by atoms with E-state index in [9.17, 15) is 0 Å². The first-order chi connectivity index (χ1) is 8.72. The van der Waals surface area contributed by atoms with Gasteiger partial charge in [-0.05, 0) is 19.4 Å². The Balaban J connectivity index is 2.22. The Morgan fingerprint density at radius 1 is 1.33 bits per heavy atom. The van der Waals surface area contributed by atoms with Gasteiger partial charge in [0, 0.05) is 21.5 Å². The second-order valence-corrected chi connectivity index (χ2v) is 6.19. The van der Waals surface area contributed by atoms with Gasteiger partial charge < -0.3 is 4.74 Å². The van der Waals surface area contributed by atoms with E-state index in [0.717, 1.165) is 33.8 Å². The molecule has 1 heterocycles. The third-order valence-electron chi connectivity index (χ3n) is 2.54. The molecule has 2 aromatic rings. The standard InChI is InChI=1S/C14H16BrNOS/c1-3-8-17-9-13-16-14(10(2)18-13)11-6-4-5-7-12(11)15/h4-7H,3,8-9H2,1-2H3. The number of hydrogen-bond acceptors (Lipinski definition) is 3. The highest BCUT2D eigenvalue weighted by atomic mass is 79.9. The van der Waals surface area contributed by atoms with Gasteiger partial charge >= 0.3 is 0 Å². The van der Waals surface area contributed by atoms with Crippen LogP contribution >= 0.6 is 27.3 Å². The molecule has 0 bridgehead atoms. The van der Waals surface area contributed by atoms with Crippen molar-refractivity contribution in [1.82, 2.24) is 4.98 Å². The van der Waals surface area contributed by atoms with Gasteiger partial charge in [-0.3, -0.25) is 0 Å². The Labute approximate surface area is 120 Å². The summed E-state index contributed by atoms with van der Waals surface area (Å²) in [7, 11) is 0. The van der Waals surface area contributed by atoms with Gasteiger partial charge in [0.15, 0.2) is 0 Å². The van der Waals surface area contributed by atoms with E-state index in [-0.39, 0.29) is 0 Å². The molecule has 0 radical (unpaired) electrons. The number of nitrogens with zero attached hydrogens (tertiary/aromatic N) is 1. The average molecular weight is 326 g/mol. The zero-order valence-corrected chi connectivity index (χ0v) is 13.0. The Kier molecular flexibility index (Phi) is 4.92. The fourth-order valence-electron chi connectivity index (χ4n) is 1.72. The maximum atomic E-state index is 5.54. The fourth-order valence-corrected chi connectivity index (χ4v) is 3.08. The second-order valence-electron chi connectivity index (χ2n) is 4.04. The summed E-state index contributed by atoms with van der Waals surface area (Å²) in [6, 6.07) is 8.18. The van der Waals surface area contributed by atoms with E-state index in [1.807, 2.05) is 18.2 Å². The quantitative estimate of drug-likeness (QED) is 0.736. The van der Waals surface area contributed by atoms with Gasteiger partial charge in [-0.2, -0.15) is 0 Å². The minimum Gasteiger partial charge on any atom is -0.374 e. The molecule has 0 amide bonds. The number of thiazole rings is 1. The van der Waals surface area contributed by atoms with Crippen molar-refractivity contribution >= 4 is 27.3 Å². The lowest BCUT2D eigenvalue weighted by molar-refractivity contribution is 0.121. The summed E-state index contributed by atoms with van der Waals surface area (Å²) < 4.78 is 6.62. The maximum Gasteiger partial charge on any atom is 0.119 e. The van der Waals surface area contributed by atoms with E-state index in [2.05, 4.69) is 40.8 Å². The molecule has 2 rings (SSSR count). The van der Waals surface area contributed by atoms with Gasteiger partial charge in [0.2, 0.25) is 0 Å². The molecule has 96 valence electrons. The van der Waals surface area contributed by atoms with Crippen molar-refractivity contribution in [3.63, 3.8) is 0 Å². The predicted molar refractivity (Wildman–Crippen MR) is 79.9 cm³/mol. The normalized spacial score (nSPS) is 10.8. The largest absolute Gasteiger partial charge is 0.374 e. The molecule has 0 aliphatic carbocycles. The zero-order chi connectivity index (χ0) is 13.0. The maximum absolute atomic E-state index is 5.54. The van der Waals surface area contributed by atoms with Crippen LogP contribution in [0.5, 0.6) is 0 Å². The lowest BCUT2D eigenvalue weighted by Gasteiger charge is -2.01. The van der Waals surface area contributed by atoms with E-state index in [1.54, 1.807) is 11.3 Å². The smallest absolute Gasteiger partial charge is 0.119 e. The lowest BCUT2D eigenvalue weighted by Crippen LogP contribution is -1.93. The van der Waals surface area contributed by atoms with Gasteiger partial charge in [0.05, 0.1) is 12.3 Å². The van der Waals surface area contributed by atoms with Crippen LogP contribution in [0.4, 0.5) is 0 Å². The summed E-state index contributed by atoms with van der Waals surface area (Å²) in [6.45, 7) is 5.63. The van der Waals surface area contributed by atoms with Crippen LogP contribution in [0, 0.1) is 6.92 Å². The topological polar surface area (TPSA) is 22.1 Å². The van der Waals surface area contributed by atoms with Crippen LogP contribution in [-0.4, -0.2) is 11.6 Å². The highest BCUT2D eigenvalue weighted by Gasteiger charge is 2.11. The number of aryl methyl sites for hydroxylation is 1.